The molecule has 0 aliphatic rings. The number of nitrogens with zero attached hydrogens (tertiary/aromatic N) is 1. The summed E-state index contributed by atoms with van der Waals surface area (Å²) in [5.41, 5.74) is 0. The second-order valence-electron chi connectivity index (χ2n) is 2.97. The van der Waals surface area contributed by atoms with E-state index in [1.165, 1.54) is 0 Å². The minimum Gasteiger partial charge on any atom is -0.393 e. The number of allylic oxidation sites excluding steroid dienone is 1. The van der Waals surface area contributed by atoms with Crippen molar-refractivity contribution in [2.75, 3.05) is 20.1 Å². The second-order valence-corrected chi connectivity index (χ2v) is 2.97. The van der Waals surface area contributed by atoms with Crippen molar-refractivity contribution in [3.8, 4) is 0 Å². The summed E-state index contributed by atoms with van der Waals surface area (Å²) in [6.07, 6.45) is 4.83. The fraction of sp³-hybridized carbons (Fsp3) is 0.778. The Morgan fingerprint density at radius 2 is 2.18 bits per heavy atom. The number of hydrogen-bond acceptors (Lipinski definition) is 2. The van der Waals surface area contributed by atoms with Gasteiger partial charge in [0.05, 0.1) is 6.10 Å². The minimum absolute atomic E-state index is 0.178. The molecule has 0 rings (SSSR count). The second kappa shape index (κ2) is 6.38. The van der Waals surface area contributed by atoms with Crippen molar-refractivity contribution in [2.45, 2.75) is 26.4 Å². The predicted molar refractivity (Wildman–Crippen MR) is 48.6 cm³/mol. The third-order valence-electron chi connectivity index (χ3n) is 1.58. The average Bonchev–Trinajstić information content (AvgIpc) is 1.97. The molecule has 0 aliphatic heterocycles. The van der Waals surface area contributed by atoms with Crippen LogP contribution in [0.2, 0.25) is 0 Å². The van der Waals surface area contributed by atoms with E-state index in [2.05, 4.69) is 18.0 Å². The van der Waals surface area contributed by atoms with Crippen LogP contribution in [0.3, 0.4) is 0 Å². The maximum atomic E-state index is 8.98. The van der Waals surface area contributed by atoms with E-state index in [0.717, 1.165) is 19.5 Å². The summed E-state index contributed by atoms with van der Waals surface area (Å²) in [5.74, 6) is 0. The number of rotatable bonds is 5. The Morgan fingerprint density at radius 3 is 2.64 bits per heavy atom. The van der Waals surface area contributed by atoms with E-state index in [-0.39, 0.29) is 6.10 Å². The molecule has 0 amide bonds. The molecule has 0 saturated carbocycles. The highest BCUT2D eigenvalue weighted by Crippen LogP contribution is 1.92. The van der Waals surface area contributed by atoms with Crippen molar-refractivity contribution < 1.29 is 5.11 Å². The summed E-state index contributed by atoms with van der Waals surface area (Å²) in [4.78, 5) is 2.19. The number of aliphatic hydroxyl groups is 1. The van der Waals surface area contributed by atoms with Crippen molar-refractivity contribution in [3.05, 3.63) is 12.2 Å². The van der Waals surface area contributed by atoms with Gasteiger partial charge in [-0.25, -0.2) is 0 Å². The third-order valence-corrected chi connectivity index (χ3v) is 1.58. The zero-order chi connectivity index (χ0) is 8.69. The fourth-order valence-corrected chi connectivity index (χ4v) is 0.784. The van der Waals surface area contributed by atoms with Crippen molar-refractivity contribution in [1.29, 1.82) is 0 Å². The SMILES string of the molecule is C/C=C/CN(C)CCC(C)O. The molecule has 2 heteroatoms. The van der Waals surface area contributed by atoms with E-state index in [9.17, 15) is 0 Å². The molecule has 11 heavy (non-hydrogen) atoms. The lowest BCUT2D eigenvalue weighted by Gasteiger charge is -2.14. The first-order chi connectivity index (χ1) is 5.16. The quantitative estimate of drug-likeness (QED) is 0.607. The first kappa shape index (κ1) is 10.7. The third kappa shape index (κ3) is 7.56. The highest BCUT2D eigenvalue weighted by molar-refractivity contribution is 4.79. The van der Waals surface area contributed by atoms with Crippen LogP contribution in [-0.4, -0.2) is 36.2 Å². The Morgan fingerprint density at radius 1 is 1.55 bits per heavy atom. The van der Waals surface area contributed by atoms with Gasteiger partial charge in [-0.1, -0.05) is 12.2 Å². The maximum absolute atomic E-state index is 8.98. The Kier molecular flexibility index (Phi) is 6.18. The van der Waals surface area contributed by atoms with Crippen LogP contribution in [0.25, 0.3) is 0 Å². The Hall–Kier alpha value is -0.340. The van der Waals surface area contributed by atoms with E-state index in [1.807, 2.05) is 19.9 Å². The monoisotopic (exact) mass is 157 g/mol. The van der Waals surface area contributed by atoms with Gasteiger partial charge >= 0.3 is 0 Å². The molecule has 0 aromatic rings. The first-order valence-electron chi connectivity index (χ1n) is 4.14. The molecular formula is C9H19NO. The highest BCUT2D eigenvalue weighted by Gasteiger charge is 1.98. The fourth-order valence-electron chi connectivity index (χ4n) is 0.784. The van der Waals surface area contributed by atoms with Crippen LogP contribution >= 0.6 is 0 Å². The van der Waals surface area contributed by atoms with Gasteiger partial charge in [0.1, 0.15) is 0 Å². The lowest BCUT2D eigenvalue weighted by atomic mass is 10.3. The molecule has 0 bridgehead atoms. The Balaban J connectivity index is 3.29. The van der Waals surface area contributed by atoms with Crippen molar-refractivity contribution in [1.82, 2.24) is 4.90 Å². The number of aliphatic hydroxyl groups excluding tert-OH is 1. The highest BCUT2D eigenvalue weighted by atomic mass is 16.3. The standard InChI is InChI=1S/C9H19NO/c1-4-5-7-10(3)8-6-9(2)11/h4-5,9,11H,6-8H2,1-3H3/b5-4+. The van der Waals surface area contributed by atoms with Gasteiger partial charge in [0, 0.05) is 13.1 Å². The topological polar surface area (TPSA) is 23.5 Å². The van der Waals surface area contributed by atoms with Crippen LogP contribution in [0.5, 0.6) is 0 Å². The van der Waals surface area contributed by atoms with Crippen LogP contribution < -0.4 is 0 Å². The molecule has 0 saturated heterocycles. The summed E-state index contributed by atoms with van der Waals surface area (Å²) >= 11 is 0. The van der Waals surface area contributed by atoms with Crippen LogP contribution in [-0.2, 0) is 0 Å². The molecule has 1 unspecified atom stereocenters. The summed E-state index contributed by atoms with van der Waals surface area (Å²) < 4.78 is 0. The lowest BCUT2D eigenvalue weighted by Crippen LogP contribution is -2.22. The summed E-state index contributed by atoms with van der Waals surface area (Å²) in [6, 6.07) is 0. The average molecular weight is 157 g/mol. The van der Waals surface area contributed by atoms with Crippen molar-refractivity contribution >= 4 is 0 Å². The van der Waals surface area contributed by atoms with E-state index in [1.54, 1.807) is 0 Å². The Bertz CT molecular complexity index is 110. The van der Waals surface area contributed by atoms with E-state index in [0.29, 0.717) is 0 Å². The normalized spacial score (nSPS) is 14.6. The molecular weight excluding hydrogens is 138 g/mol. The zero-order valence-corrected chi connectivity index (χ0v) is 7.75. The number of likely N-dealkylation sites (N-methyl/N-ethyl adjacent to an activating group) is 1. The number of hydrogen-bond donors (Lipinski definition) is 1. The minimum atomic E-state index is -0.178. The maximum Gasteiger partial charge on any atom is 0.0524 e. The van der Waals surface area contributed by atoms with Gasteiger partial charge in [0.15, 0.2) is 0 Å². The molecule has 1 N–H and O–H groups in total. The van der Waals surface area contributed by atoms with E-state index in [4.69, 9.17) is 5.11 Å². The van der Waals surface area contributed by atoms with Crippen molar-refractivity contribution in [3.63, 3.8) is 0 Å². The molecule has 0 spiro atoms. The van der Waals surface area contributed by atoms with Crippen LogP contribution in [0.1, 0.15) is 20.3 Å². The molecule has 0 aliphatic carbocycles. The van der Waals surface area contributed by atoms with E-state index >= 15 is 0 Å². The lowest BCUT2D eigenvalue weighted by molar-refractivity contribution is 0.167. The van der Waals surface area contributed by atoms with E-state index < -0.39 is 0 Å². The van der Waals surface area contributed by atoms with Gasteiger partial charge in [-0.05, 0) is 27.3 Å². The smallest absolute Gasteiger partial charge is 0.0524 e. The van der Waals surface area contributed by atoms with Gasteiger partial charge in [0.2, 0.25) is 0 Å². The summed E-state index contributed by atoms with van der Waals surface area (Å²) in [6.45, 7) is 5.78. The molecule has 0 fully saturated rings. The molecule has 0 aromatic heterocycles. The predicted octanol–water partition coefficient (Wildman–Crippen LogP) is 1.27. The van der Waals surface area contributed by atoms with Crippen molar-refractivity contribution in [2.24, 2.45) is 0 Å². The van der Waals surface area contributed by atoms with Gasteiger partial charge in [0.25, 0.3) is 0 Å². The van der Waals surface area contributed by atoms with Gasteiger partial charge in [-0.3, -0.25) is 0 Å². The van der Waals surface area contributed by atoms with Gasteiger partial charge in [-0.2, -0.15) is 0 Å². The summed E-state index contributed by atoms with van der Waals surface area (Å²) in [7, 11) is 2.06. The molecule has 1 atom stereocenters. The molecule has 2 nitrogen and oxygen atoms in total. The van der Waals surface area contributed by atoms with Crippen LogP contribution in [0.15, 0.2) is 12.2 Å². The largest absolute Gasteiger partial charge is 0.393 e. The molecule has 0 aromatic carbocycles. The van der Waals surface area contributed by atoms with Crippen LogP contribution in [0, 0.1) is 0 Å². The van der Waals surface area contributed by atoms with Crippen LogP contribution in [0.4, 0.5) is 0 Å². The molecule has 66 valence electrons. The molecule has 0 heterocycles. The summed E-state index contributed by atoms with van der Waals surface area (Å²) in [5, 5.41) is 8.98. The van der Waals surface area contributed by atoms with Gasteiger partial charge < -0.3 is 10.0 Å². The first-order valence-corrected chi connectivity index (χ1v) is 4.14. The zero-order valence-electron chi connectivity index (χ0n) is 7.75. The Labute approximate surface area is 69.5 Å². The molecule has 0 radical (unpaired) electrons. The van der Waals surface area contributed by atoms with Gasteiger partial charge in [-0.15, -0.1) is 0 Å².